The number of nitrogens with one attached hydrogen (secondary N) is 1. The van der Waals surface area contributed by atoms with E-state index in [1.165, 1.54) is 295 Å². The zero-order chi connectivity index (χ0) is 50.0. The van der Waals surface area contributed by atoms with Gasteiger partial charge in [-0.2, -0.15) is 0 Å². The molecule has 3 N–H and O–H groups in total. The van der Waals surface area contributed by atoms with Crippen molar-refractivity contribution in [2.45, 2.75) is 379 Å². The van der Waals surface area contributed by atoms with Crippen LogP contribution in [0.15, 0.2) is 0 Å². The number of unbranched alkanes of at least 4 members (excludes halogenated alkanes) is 49. The number of aliphatic hydroxyl groups is 2. The zero-order valence-electron chi connectivity index (χ0n) is 47.1. The third kappa shape index (κ3) is 56.0. The van der Waals surface area contributed by atoms with Crippen molar-refractivity contribution >= 4 is 11.9 Å². The minimum atomic E-state index is -0.663. The van der Waals surface area contributed by atoms with E-state index in [-0.39, 0.29) is 18.5 Å². The van der Waals surface area contributed by atoms with Gasteiger partial charge in [0.25, 0.3) is 0 Å². The lowest BCUT2D eigenvalue weighted by atomic mass is 10.0. The molecule has 6 nitrogen and oxygen atoms in total. The van der Waals surface area contributed by atoms with Crippen molar-refractivity contribution in [1.82, 2.24) is 5.32 Å². The Morgan fingerprint density at radius 3 is 0.884 bits per heavy atom. The molecule has 0 bridgehead atoms. The molecule has 69 heavy (non-hydrogen) atoms. The summed E-state index contributed by atoms with van der Waals surface area (Å²) in [5.41, 5.74) is 0. The summed E-state index contributed by atoms with van der Waals surface area (Å²) in [6.07, 6.45) is 69.7. The predicted molar refractivity (Wildman–Crippen MR) is 301 cm³/mol. The lowest BCUT2D eigenvalue weighted by Crippen LogP contribution is -2.45. The second kappa shape index (κ2) is 59.4. The minimum absolute atomic E-state index is 0.0173. The van der Waals surface area contributed by atoms with Crippen molar-refractivity contribution in [3.8, 4) is 0 Å². The van der Waals surface area contributed by atoms with E-state index >= 15 is 0 Å². The lowest BCUT2D eigenvalue weighted by molar-refractivity contribution is -0.143. The number of carbonyl (C=O) groups excluding carboxylic acids is 2. The molecule has 0 aliphatic rings. The molecule has 0 aliphatic heterocycles. The first kappa shape index (κ1) is 67.9. The van der Waals surface area contributed by atoms with Crippen LogP contribution in [0.4, 0.5) is 0 Å². The van der Waals surface area contributed by atoms with E-state index in [1.54, 1.807) is 0 Å². The third-order valence-corrected chi connectivity index (χ3v) is 15.2. The second-order valence-corrected chi connectivity index (χ2v) is 22.1. The Bertz CT molecular complexity index is 990. The molecule has 6 heteroatoms. The van der Waals surface area contributed by atoms with Crippen molar-refractivity contribution in [3.63, 3.8) is 0 Å². The molecular weight excluding hydrogens is 851 g/mol. The summed E-state index contributed by atoms with van der Waals surface area (Å²) in [5, 5.41) is 23.3. The monoisotopic (exact) mass is 976 g/mol. The second-order valence-electron chi connectivity index (χ2n) is 22.1. The van der Waals surface area contributed by atoms with Gasteiger partial charge in [0.2, 0.25) is 5.91 Å². The molecule has 412 valence electrons. The van der Waals surface area contributed by atoms with Gasteiger partial charge in [-0.15, -0.1) is 0 Å². The van der Waals surface area contributed by atoms with E-state index < -0.39 is 12.1 Å². The van der Waals surface area contributed by atoms with E-state index in [0.29, 0.717) is 25.9 Å². The Morgan fingerprint density at radius 2 is 0.594 bits per heavy atom. The Balaban J connectivity index is 3.35. The van der Waals surface area contributed by atoms with Gasteiger partial charge in [-0.3, -0.25) is 9.59 Å². The van der Waals surface area contributed by atoms with Crippen molar-refractivity contribution < 1.29 is 24.5 Å². The molecular formula is C63H125NO5. The van der Waals surface area contributed by atoms with Crippen molar-refractivity contribution in [2.75, 3.05) is 13.2 Å². The van der Waals surface area contributed by atoms with Crippen LogP contribution in [-0.4, -0.2) is 47.4 Å². The molecule has 0 spiro atoms. The first-order valence-corrected chi connectivity index (χ1v) is 31.8. The van der Waals surface area contributed by atoms with Crippen molar-refractivity contribution in [1.29, 1.82) is 0 Å². The number of esters is 1. The number of aliphatic hydroxyl groups excluding tert-OH is 2. The molecule has 0 rings (SSSR count). The molecule has 0 aromatic carbocycles. The largest absolute Gasteiger partial charge is 0.466 e. The summed E-state index contributed by atoms with van der Waals surface area (Å²) in [5.74, 6) is -0.0146. The highest BCUT2D eigenvalue weighted by atomic mass is 16.5. The minimum Gasteiger partial charge on any atom is -0.466 e. The van der Waals surface area contributed by atoms with Gasteiger partial charge in [-0.25, -0.2) is 0 Å². The van der Waals surface area contributed by atoms with Gasteiger partial charge >= 0.3 is 5.97 Å². The topological polar surface area (TPSA) is 95.9 Å². The van der Waals surface area contributed by atoms with E-state index in [0.717, 1.165) is 38.5 Å². The number of carbonyl (C=O) groups is 2. The lowest BCUT2D eigenvalue weighted by Gasteiger charge is -2.22. The molecule has 0 radical (unpaired) electrons. The maximum absolute atomic E-state index is 12.5. The SMILES string of the molecule is CCCCCCCCCCCCCCCCCC(=O)OCCCCCCCCCCCCCCCCCCCCCCCCC(=O)NC(CO)C(O)CCCCCCCCCCCCCCCCC. The highest BCUT2D eigenvalue weighted by Crippen LogP contribution is 2.19. The number of amides is 1. The van der Waals surface area contributed by atoms with Crippen LogP contribution in [0, 0.1) is 0 Å². The van der Waals surface area contributed by atoms with E-state index in [9.17, 15) is 19.8 Å². The molecule has 0 aromatic heterocycles. The van der Waals surface area contributed by atoms with Gasteiger partial charge in [0, 0.05) is 12.8 Å². The van der Waals surface area contributed by atoms with E-state index in [2.05, 4.69) is 19.2 Å². The van der Waals surface area contributed by atoms with Crippen LogP contribution in [0.1, 0.15) is 367 Å². The number of rotatable bonds is 60. The fraction of sp³-hybridized carbons (Fsp3) is 0.968. The van der Waals surface area contributed by atoms with Crippen LogP contribution in [0.2, 0.25) is 0 Å². The van der Waals surface area contributed by atoms with Gasteiger partial charge in [0.1, 0.15) is 0 Å². The summed E-state index contributed by atoms with van der Waals surface area (Å²) < 4.78 is 5.49. The standard InChI is InChI=1S/C63H125NO5/c1-3-5-7-9-11-13-15-17-27-31-35-39-43-47-51-55-61(66)60(59-65)64-62(67)56-52-48-44-40-36-32-29-25-23-21-19-20-22-24-26-30-34-38-42-46-50-54-58-69-63(68)57-53-49-45-41-37-33-28-18-16-14-12-10-8-6-4-2/h60-61,65-66H,3-59H2,1-2H3,(H,64,67). The molecule has 0 saturated heterocycles. The first-order valence-electron chi connectivity index (χ1n) is 31.8. The molecule has 0 heterocycles. The smallest absolute Gasteiger partial charge is 0.305 e. The fourth-order valence-electron chi connectivity index (χ4n) is 10.3. The van der Waals surface area contributed by atoms with Crippen LogP contribution < -0.4 is 5.32 Å². The highest BCUT2D eigenvalue weighted by Gasteiger charge is 2.20. The van der Waals surface area contributed by atoms with Crippen LogP contribution in [0.5, 0.6) is 0 Å². The van der Waals surface area contributed by atoms with Gasteiger partial charge in [0.15, 0.2) is 0 Å². The van der Waals surface area contributed by atoms with Gasteiger partial charge in [-0.05, 0) is 25.7 Å². The maximum atomic E-state index is 12.5. The van der Waals surface area contributed by atoms with Crippen LogP contribution in [0.25, 0.3) is 0 Å². The molecule has 2 atom stereocenters. The van der Waals surface area contributed by atoms with Crippen molar-refractivity contribution in [3.05, 3.63) is 0 Å². The van der Waals surface area contributed by atoms with Crippen LogP contribution in [-0.2, 0) is 14.3 Å². The maximum Gasteiger partial charge on any atom is 0.305 e. The van der Waals surface area contributed by atoms with Crippen LogP contribution in [0.3, 0.4) is 0 Å². The zero-order valence-corrected chi connectivity index (χ0v) is 47.1. The average molecular weight is 977 g/mol. The fourth-order valence-corrected chi connectivity index (χ4v) is 10.3. The summed E-state index contributed by atoms with van der Waals surface area (Å²) in [6, 6.07) is -0.540. The summed E-state index contributed by atoms with van der Waals surface area (Å²) >= 11 is 0. The summed E-state index contributed by atoms with van der Waals surface area (Å²) in [4.78, 5) is 24.6. The van der Waals surface area contributed by atoms with E-state index in [4.69, 9.17) is 4.74 Å². The summed E-state index contributed by atoms with van der Waals surface area (Å²) in [7, 11) is 0. The predicted octanol–water partition coefficient (Wildman–Crippen LogP) is 19.9. The molecule has 0 fully saturated rings. The molecule has 1 amide bonds. The van der Waals surface area contributed by atoms with E-state index in [1.807, 2.05) is 0 Å². The van der Waals surface area contributed by atoms with Gasteiger partial charge in [-0.1, -0.05) is 328 Å². The number of hydrogen-bond acceptors (Lipinski definition) is 5. The number of hydrogen-bond donors (Lipinski definition) is 3. The van der Waals surface area contributed by atoms with Gasteiger partial charge < -0.3 is 20.3 Å². The normalized spacial score (nSPS) is 12.5. The molecule has 0 aromatic rings. The van der Waals surface area contributed by atoms with Crippen LogP contribution >= 0.6 is 0 Å². The van der Waals surface area contributed by atoms with Gasteiger partial charge in [0.05, 0.1) is 25.4 Å². The van der Waals surface area contributed by atoms with Crippen molar-refractivity contribution in [2.24, 2.45) is 0 Å². The molecule has 2 unspecified atom stereocenters. The molecule has 0 aliphatic carbocycles. The Kier molecular flexibility index (Phi) is 58.4. The Morgan fingerprint density at radius 1 is 0.348 bits per heavy atom. The summed E-state index contributed by atoms with van der Waals surface area (Å²) in [6.45, 7) is 4.99. The quantitative estimate of drug-likeness (QED) is 0.0417. The average Bonchev–Trinajstić information content (AvgIpc) is 3.35. The Hall–Kier alpha value is -1.14. The third-order valence-electron chi connectivity index (χ3n) is 15.2. The Labute approximate surface area is 432 Å². The number of ether oxygens (including phenoxy) is 1. The highest BCUT2D eigenvalue weighted by molar-refractivity contribution is 5.76. The first-order chi connectivity index (χ1) is 34.0. The molecule has 0 saturated carbocycles.